The molecule has 2 aromatic rings. The van der Waals surface area contributed by atoms with Gasteiger partial charge in [-0.05, 0) is 84.7 Å². The van der Waals surface area contributed by atoms with Crippen molar-refractivity contribution < 1.29 is 9.47 Å². The third-order valence-electron chi connectivity index (χ3n) is 8.36. The van der Waals surface area contributed by atoms with Gasteiger partial charge in [-0.25, -0.2) is 0 Å². The summed E-state index contributed by atoms with van der Waals surface area (Å²) in [6.45, 7) is 0. The summed E-state index contributed by atoms with van der Waals surface area (Å²) in [5.41, 5.74) is 6.50. The smallest absolute Gasteiger partial charge is 0.118 e. The molecule has 2 aromatic carbocycles. The summed E-state index contributed by atoms with van der Waals surface area (Å²) in [4.78, 5) is 0. The van der Waals surface area contributed by atoms with Crippen LogP contribution in [0.4, 0.5) is 0 Å². The molecule has 154 valence electrons. The largest absolute Gasteiger partial charge is 0.497 e. The fraction of sp³-hybridized carbons (Fsp3) is 0.429. The highest BCUT2D eigenvalue weighted by Gasteiger charge is 2.56. The van der Waals surface area contributed by atoms with Crippen LogP contribution in [0.1, 0.15) is 48.6 Å². The fourth-order valence-corrected chi connectivity index (χ4v) is 7.27. The van der Waals surface area contributed by atoms with E-state index in [0.29, 0.717) is 11.8 Å². The number of ether oxygens (including phenoxy) is 2. The number of allylic oxidation sites excluding steroid dienone is 4. The third kappa shape index (κ3) is 2.62. The summed E-state index contributed by atoms with van der Waals surface area (Å²) in [6, 6.07) is 17.9. The second-order valence-electron chi connectivity index (χ2n) is 9.51. The zero-order valence-corrected chi connectivity index (χ0v) is 17.9. The van der Waals surface area contributed by atoms with Gasteiger partial charge in [-0.3, -0.25) is 0 Å². The van der Waals surface area contributed by atoms with E-state index in [1.54, 1.807) is 25.4 Å². The second-order valence-corrected chi connectivity index (χ2v) is 9.51. The van der Waals surface area contributed by atoms with E-state index < -0.39 is 0 Å². The molecule has 0 saturated heterocycles. The average Bonchev–Trinajstić information content (AvgIpc) is 3.54. The van der Waals surface area contributed by atoms with Crippen molar-refractivity contribution in [2.75, 3.05) is 14.2 Å². The lowest BCUT2D eigenvalue weighted by molar-refractivity contribution is 0.230. The lowest BCUT2D eigenvalue weighted by atomic mass is 9.58. The van der Waals surface area contributed by atoms with E-state index in [2.05, 4.69) is 60.7 Å². The molecule has 4 aliphatic carbocycles. The fourth-order valence-electron chi connectivity index (χ4n) is 7.27. The van der Waals surface area contributed by atoms with E-state index in [1.165, 1.54) is 36.8 Å². The first kappa shape index (κ1) is 18.3. The zero-order chi connectivity index (χ0) is 20.2. The minimum absolute atomic E-state index is 0.577. The van der Waals surface area contributed by atoms with Crippen LogP contribution in [0.5, 0.6) is 11.5 Å². The highest BCUT2D eigenvalue weighted by molar-refractivity contribution is 5.48. The van der Waals surface area contributed by atoms with Gasteiger partial charge in [0.05, 0.1) is 14.2 Å². The zero-order valence-electron chi connectivity index (χ0n) is 17.9. The highest BCUT2D eigenvalue weighted by Crippen LogP contribution is 2.66. The maximum absolute atomic E-state index is 5.44. The van der Waals surface area contributed by atoms with Crippen LogP contribution in [0, 0.1) is 23.7 Å². The molecule has 6 atom stereocenters. The van der Waals surface area contributed by atoms with Crippen molar-refractivity contribution in [2.45, 2.75) is 37.5 Å². The number of methoxy groups -OCH3 is 2. The van der Waals surface area contributed by atoms with Gasteiger partial charge in [0.25, 0.3) is 0 Å². The third-order valence-corrected chi connectivity index (χ3v) is 8.36. The monoisotopic (exact) mass is 398 g/mol. The van der Waals surface area contributed by atoms with Gasteiger partial charge in [0.2, 0.25) is 0 Å². The Hall–Kier alpha value is -2.48. The Morgan fingerprint density at radius 2 is 1.07 bits per heavy atom. The molecule has 0 unspecified atom stereocenters. The molecular weight excluding hydrogens is 368 g/mol. The van der Waals surface area contributed by atoms with Gasteiger partial charge < -0.3 is 9.47 Å². The number of hydrogen-bond acceptors (Lipinski definition) is 2. The van der Waals surface area contributed by atoms with Crippen molar-refractivity contribution in [2.24, 2.45) is 23.7 Å². The Kier molecular flexibility index (Phi) is 4.30. The van der Waals surface area contributed by atoms with Crippen molar-refractivity contribution in [3.05, 3.63) is 83.0 Å². The normalized spacial score (nSPS) is 33.5. The van der Waals surface area contributed by atoms with Crippen molar-refractivity contribution in [1.29, 1.82) is 0 Å². The van der Waals surface area contributed by atoms with Crippen LogP contribution >= 0.6 is 0 Å². The highest BCUT2D eigenvalue weighted by atomic mass is 16.5. The number of benzene rings is 2. The number of fused-ring (bicyclic) bond motifs is 5. The van der Waals surface area contributed by atoms with E-state index >= 15 is 0 Å². The van der Waals surface area contributed by atoms with Crippen LogP contribution in [0.3, 0.4) is 0 Å². The van der Waals surface area contributed by atoms with Crippen LogP contribution in [0.2, 0.25) is 0 Å². The van der Waals surface area contributed by atoms with Gasteiger partial charge in [-0.2, -0.15) is 0 Å². The Morgan fingerprint density at radius 3 is 1.47 bits per heavy atom. The van der Waals surface area contributed by atoms with E-state index in [4.69, 9.17) is 9.47 Å². The molecule has 0 radical (unpaired) electrons. The van der Waals surface area contributed by atoms with Crippen molar-refractivity contribution in [3.8, 4) is 11.5 Å². The van der Waals surface area contributed by atoms with Crippen LogP contribution in [-0.2, 0) is 0 Å². The molecule has 2 nitrogen and oxygen atoms in total. The topological polar surface area (TPSA) is 18.5 Å². The molecule has 30 heavy (non-hydrogen) atoms. The van der Waals surface area contributed by atoms with Crippen molar-refractivity contribution >= 4 is 0 Å². The summed E-state index contributed by atoms with van der Waals surface area (Å²) < 4.78 is 10.9. The van der Waals surface area contributed by atoms with Gasteiger partial charge in [-0.1, -0.05) is 47.6 Å². The Balaban J connectivity index is 1.49. The Labute approximate surface area is 179 Å². The SMILES string of the molecule is COc1ccc([C@H]2C3=C(CCC3)[C@@H](c3ccc(OC)cc3)[C@H]3[C@@H]2[C@@H]2C=C[C@H]3C2)cc1. The molecule has 0 spiro atoms. The van der Waals surface area contributed by atoms with E-state index in [0.717, 1.165) is 35.2 Å². The predicted molar refractivity (Wildman–Crippen MR) is 120 cm³/mol. The molecule has 0 heterocycles. The summed E-state index contributed by atoms with van der Waals surface area (Å²) >= 11 is 0. The molecule has 1 fully saturated rings. The Morgan fingerprint density at radius 1 is 0.633 bits per heavy atom. The molecule has 0 N–H and O–H groups in total. The molecule has 2 heteroatoms. The minimum Gasteiger partial charge on any atom is -0.497 e. The maximum atomic E-state index is 5.44. The van der Waals surface area contributed by atoms with E-state index in [9.17, 15) is 0 Å². The number of hydrogen-bond donors (Lipinski definition) is 0. The van der Waals surface area contributed by atoms with Crippen LogP contribution < -0.4 is 9.47 Å². The molecular formula is C28H30O2. The minimum atomic E-state index is 0.577. The predicted octanol–water partition coefficient (Wildman–Crippen LogP) is 6.50. The van der Waals surface area contributed by atoms with E-state index in [-0.39, 0.29) is 0 Å². The van der Waals surface area contributed by atoms with Crippen LogP contribution in [-0.4, -0.2) is 14.2 Å². The summed E-state index contributed by atoms with van der Waals surface area (Å²) in [7, 11) is 3.51. The molecule has 0 amide bonds. The summed E-state index contributed by atoms with van der Waals surface area (Å²) in [5, 5.41) is 0. The summed E-state index contributed by atoms with van der Waals surface area (Å²) in [5.74, 6) is 5.95. The van der Waals surface area contributed by atoms with Gasteiger partial charge >= 0.3 is 0 Å². The quantitative estimate of drug-likeness (QED) is 0.547. The maximum Gasteiger partial charge on any atom is 0.118 e. The van der Waals surface area contributed by atoms with Gasteiger partial charge in [0, 0.05) is 11.8 Å². The Bertz CT molecular complexity index is 918. The lowest BCUT2D eigenvalue weighted by Crippen LogP contribution is -2.36. The molecule has 1 saturated carbocycles. The molecule has 0 aromatic heterocycles. The summed E-state index contributed by atoms with van der Waals surface area (Å²) in [6.07, 6.45) is 10.3. The van der Waals surface area contributed by atoms with Crippen molar-refractivity contribution in [3.63, 3.8) is 0 Å². The molecule has 6 rings (SSSR count). The first-order chi connectivity index (χ1) is 14.8. The first-order valence-electron chi connectivity index (χ1n) is 11.5. The molecule has 2 bridgehead atoms. The average molecular weight is 399 g/mol. The van der Waals surface area contributed by atoms with Gasteiger partial charge in [0.15, 0.2) is 0 Å². The van der Waals surface area contributed by atoms with E-state index in [1.807, 2.05) is 0 Å². The van der Waals surface area contributed by atoms with Gasteiger partial charge in [0.1, 0.15) is 11.5 Å². The van der Waals surface area contributed by atoms with Crippen LogP contribution in [0.15, 0.2) is 71.8 Å². The lowest BCUT2D eigenvalue weighted by Gasteiger charge is -2.46. The molecule has 0 aliphatic heterocycles. The molecule has 4 aliphatic rings. The van der Waals surface area contributed by atoms with Crippen LogP contribution in [0.25, 0.3) is 0 Å². The second kappa shape index (κ2) is 7.04. The number of rotatable bonds is 4. The standard InChI is InChI=1S/C28H30O2/c1-29-21-12-8-17(9-13-21)25-23-4-3-5-24(23)26(18-10-14-22(30-2)15-11-18)28-20-7-6-19(16-20)27(25)28/h6-15,19-20,25-28H,3-5,16H2,1-2H3/t19-,20+,25+,26-,27-,28+. The van der Waals surface area contributed by atoms with Crippen molar-refractivity contribution in [1.82, 2.24) is 0 Å². The van der Waals surface area contributed by atoms with Gasteiger partial charge in [-0.15, -0.1) is 0 Å². The first-order valence-corrected chi connectivity index (χ1v) is 11.5.